The van der Waals surface area contributed by atoms with Gasteiger partial charge in [0.2, 0.25) is 11.8 Å². The summed E-state index contributed by atoms with van der Waals surface area (Å²) in [5, 5.41) is 11.1. The molecule has 2 rings (SSSR count). The number of hydrogen-bond acceptors (Lipinski definition) is 3. The van der Waals surface area contributed by atoms with Crippen LogP contribution in [0.3, 0.4) is 0 Å². The van der Waals surface area contributed by atoms with Crippen molar-refractivity contribution in [2.45, 2.75) is 12.3 Å². The van der Waals surface area contributed by atoms with E-state index < -0.39 is 11.8 Å². The first kappa shape index (κ1) is 10.4. The number of rotatable bonds is 1. The smallest absolute Gasteiger partial charge is 0.244 e. The molecule has 0 saturated carbocycles. The summed E-state index contributed by atoms with van der Waals surface area (Å²) in [6.45, 7) is 0. The summed E-state index contributed by atoms with van der Waals surface area (Å²) in [6.07, 6.45) is 0.188. The van der Waals surface area contributed by atoms with Crippen molar-refractivity contribution in [1.29, 1.82) is 5.26 Å². The Labute approximate surface area is 92.9 Å². The number of carbonyl (C=O) groups excluding carboxylic acids is 2. The molecule has 2 atom stereocenters. The number of amides is 2. The van der Waals surface area contributed by atoms with Gasteiger partial charge in [0.25, 0.3) is 0 Å². The molecule has 1 aliphatic rings. The molecule has 1 aromatic carbocycles. The van der Waals surface area contributed by atoms with Gasteiger partial charge in [-0.15, -0.1) is 0 Å². The fourth-order valence-electron chi connectivity index (χ4n) is 1.93. The number of nitrogens with zero attached hydrogens (tertiary/aromatic N) is 1. The van der Waals surface area contributed by atoms with Gasteiger partial charge >= 0.3 is 0 Å². The average Bonchev–Trinajstić information content (AvgIpc) is 2.29. The lowest BCUT2D eigenvalue weighted by molar-refractivity contribution is -0.135. The zero-order chi connectivity index (χ0) is 11.5. The van der Waals surface area contributed by atoms with Gasteiger partial charge in [-0.25, -0.2) is 0 Å². The first-order chi connectivity index (χ1) is 7.72. The van der Waals surface area contributed by atoms with Gasteiger partial charge in [-0.05, 0) is 5.56 Å². The molecular formula is C12H10N2O2. The van der Waals surface area contributed by atoms with Crippen LogP contribution in [0.2, 0.25) is 0 Å². The van der Waals surface area contributed by atoms with E-state index in [-0.39, 0.29) is 18.2 Å². The van der Waals surface area contributed by atoms with Gasteiger partial charge in [0.1, 0.15) is 5.92 Å². The Bertz CT molecular complexity index is 462. The standard InChI is InChI=1S/C12H10N2O2/c13-7-10-9(6-11(15)14-12(10)16)8-4-2-1-3-5-8/h1-5,9-10H,6H2,(H,14,15,16)/t9-,10-/m1/s1. The third-order valence-corrected chi connectivity index (χ3v) is 2.72. The Morgan fingerprint density at radius 3 is 2.56 bits per heavy atom. The van der Waals surface area contributed by atoms with Crippen molar-refractivity contribution in [3.63, 3.8) is 0 Å². The van der Waals surface area contributed by atoms with Crippen LogP contribution in [-0.4, -0.2) is 11.8 Å². The SMILES string of the molecule is N#C[C@H]1C(=O)NC(=O)C[C@@H]1c1ccccc1. The fourth-order valence-corrected chi connectivity index (χ4v) is 1.93. The van der Waals surface area contributed by atoms with Crippen LogP contribution < -0.4 is 5.32 Å². The predicted octanol–water partition coefficient (Wildman–Crippen LogP) is 0.956. The van der Waals surface area contributed by atoms with Crippen molar-refractivity contribution in [2.24, 2.45) is 5.92 Å². The molecule has 1 fully saturated rings. The number of benzene rings is 1. The minimum absolute atomic E-state index is 0.188. The maximum absolute atomic E-state index is 11.5. The highest BCUT2D eigenvalue weighted by molar-refractivity contribution is 6.00. The molecule has 1 aromatic rings. The van der Waals surface area contributed by atoms with Crippen LogP contribution in [0.15, 0.2) is 30.3 Å². The zero-order valence-corrected chi connectivity index (χ0v) is 8.51. The van der Waals surface area contributed by atoms with Gasteiger partial charge in [-0.2, -0.15) is 5.26 Å². The molecule has 4 heteroatoms. The van der Waals surface area contributed by atoms with Crippen molar-refractivity contribution >= 4 is 11.8 Å². The number of piperidine rings is 1. The largest absolute Gasteiger partial charge is 0.295 e. The Morgan fingerprint density at radius 1 is 1.25 bits per heavy atom. The van der Waals surface area contributed by atoms with E-state index in [1.165, 1.54) is 0 Å². The monoisotopic (exact) mass is 214 g/mol. The highest BCUT2D eigenvalue weighted by atomic mass is 16.2. The highest BCUT2D eigenvalue weighted by Gasteiger charge is 2.36. The number of imide groups is 1. The van der Waals surface area contributed by atoms with Crippen molar-refractivity contribution in [1.82, 2.24) is 5.32 Å². The molecule has 0 aromatic heterocycles. The molecule has 1 heterocycles. The number of nitrogens with one attached hydrogen (secondary N) is 1. The van der Waals surface area contributed by atoms with E-state index in [0.717, 1.165) is 5.56 Å². The summed E-state index contributed by atoms with van der Waals surface area (Å²) in [6, 6.07) is 11.2. The fraction of sp³-hybridized carbons (Fsp3) is 0.250. The molecule has 80 valence electrons. The van der Waals surface area contributed by atoms with E-state index in [9.17, 15) is 9.59 Å². The number of hydrogen-bond donors (Lipinski definition) is 1. The lowest BCUT2D eigenvalue weighted by Crippen LogP contribution is -2.44. The third-order valence-electron chi connectivity index (χ3n) is 2.72. The molecular weight excluding hydrogens is 204 g/mol. The Hall–Kier alpha value is -2.15. The zero-order valence-electron chi connectivity index (χ0n) is 8.51. The summed E-state index contributed by atoms with van der Waals surface area (Å²) in [4.78, 5) is 22.7. The van der Waals surface area contributed by atoms with Gasteiger partial charge in [-0.1, -0.05) is 30.3 Å². The van der Waals surface area contributed by atoms with Crippen molar-refractivity contribution in [2.75, 3.05) is 0 Å². The summed E-state index contributed by atoms with van der Waals surface area (Å²) in [5.41, 5.74) is 0.859. The van der Waals surface area contributed by atoms with Gasteiger partial charge in [0.05, 0.1) is 6.07 Å². The molecule has 0 radical (unpaired) electrons. The van der Waals surface area contributed by atoms with Crippen LogP contribution >= 0.6 is 0 Å². The van der Waals surface area contributed by atoms with Crippen LogP contribution in [0.1, 0.15) is 17.9 Å². The highest BCUT2D eigenvalue weighted by Crippen LogP contribution is 2.30. The maximum Gasteiger partial charge on any atom is 0.244 e. The van der Waals surface area contributed by atoms with E-state index >= 15 is 0 Å². The van der Waals surface area contributed by atoms with Crippen LogP contribution in [0.4, 0.5) is 0 Å². The Morgan fingerprint density at radius 2 is 1.94 bits per heavy atom. The molecule has 0 aliphatic carbocycles. The molecule has 16 heavy (non-hydrogen) atoms. The molecule has 0 spiro atoms. The predicted molar refractivity (Wildman–Crippen MR) is 56.1 cm³/mol. The second kappa shape index (κ2) is 4.15. The molecule has 0 bridgehead atoms. The molecule has 1 aliphatic heterocycles. The van der Waals surface area contributed by atoms with Gasteiger partial charge < -0.3 is 0 Å². The Balaban J connectivity index is 2.35. The molecule has 0 unspecified atom stereocenters. The summed E-state index contributed by atoms with van der Waals surface area (Å²) >= 11 is 0. The molecule has 4 nitrogen and oxygen atoms in total. The topological polar surface area (TPSA) is 70.0 Å². The quantitative estimate of drug-likeness (QED) is 0.708. The normalized spacial score (nSPS) is 24.7. The number of carbonyl (C=O) groups is 2. The van der Waals surface area contributed by atoms with Crippen molar-refractivity contribution < 1.29 is 9.59 Å². The number of nitriles is 1. The van der Waals surface area contributed by atoms with Crippen LogP contribution in [0, 0.1) is 17.2 Å². The van der Waals surface area contributed by atoms with E-state index in [0.29, 0.717) is 0 Å². The first-order valence-electron chi connectivity index (χ1n) is 5.00. The van der Waals surface area contributed by atoms with E-state index in [4.69, 9.17) is 5.26 Å². The van der Waals surface area contributed by atoms with Crippen LogP contribution in [-0.2, 0) is 9.59 Å². The molecule has 1 N–H and O–H groups in total. The van der Waals surface area contributed by atoms with E-state index in [2.05, 4.69) is 5.32 Å². The molecule has 2 amide bonds. The van der Waals surface area contributed by atoms with Gasteiger partial charge in [0, 0.05) is 12.3 Å². The Kier molecular flexibility index (Phi) is 2.69. The molecule has 1 saturated heterocycles. The van der Waals surface area contributed by atoms with Gasteiger partial charge in [0.15, 0.2) is 0 Å². The van der Waals surface area contributed by atoms with E-state index in [1.54, 1.807) is 0 Å². The lowest BCUT2D eigenvalue weighted by Gasteiger charge is -2.25. The minimum atomic E-state index is -0.778. The minimum Gasteiger partial charge on any atom is -0.295 e. The van der Waals surface area contributed by atoms with Crippen molar-refractivity contribution in [3.8, 4) is 6.07 Å². The van der Waals surface area contributed by atoms with Crippen LogP contribution in [0.5, 0.6) is 0 Å². The van der Waals surface area contributed by atoms with Crippen LogP contribution in [0.25, 0.3) is 0 Å². The second-order valence-electron chi connectivity index (χ2n) is 3.74. The van der Waals surface area contributed by atoms with Crippen molar-refractivity contribution in [3.05, 3.63) is 35.9 Å². The lowest BCUT2D eigenvalue weighted by atomic mass is 9.81. The van der Waals surface area contributed by atoms with Gasteiger partial charge in [-0.3, -0.25) is 14.9 Å². The summed E-state index contributed by atoms with van der Waals surface area (Å²) < 4.78 is 0. The second-order valence-corrected chi connectivity index (χ2v) is 3.74. The summed E-state index contributed by atoms with van der Waals surface area (Å²) in [5.74, 6) is -1.91. The average molecular weight is 214 g/mol. The maximum atomic E-state index is 11.5. The first-order valence-corrected chi connectivity index (χ1v) is 5.00. The van der Waals surface area contributed by atoms with E-state index in [1.807, 2.05) is 36.4 Å². The summed E-state index contributed by atoms with van der Waals surface area (Å²) in [7, 11) is 0. The third kappa shape index (κ3) is 1.80.